The number of primary amides is 1. The lowest BCUT2D eigenvalue weighted by molar-refractivity contribution is -0.143. The maximum atomic E-state index is 14.1. The SMILES string of the molecule is CC(C)(O)c1cnnn1[C@H]1C[C@@H](C(=O)NC2(C(O)C(N)=O)CCCCC2)N(C(=O)[C@@H](CN)NC(=O)c2ccc3ccccc3c2)C1. The summed E-state index contributed by atoms with van der Waals surface area (Å²) in [5.41, 5.74) is 9.64. The van der Waals surface area contributed by atoms with Crippen molar-refractivity contribution in [2.24, 2.45) is 11.5 Å². The van der Waals surface area contributed by atoms with Gasteiger partial charge in [-0.2, -0.15) is 0 Å². The Hall–Kier alpha value is -4.40. The molecule has 1 aliphatic heterocycles. The molecule has 2 aromatic carbocycles. The van der Waals surface area contributed by atoms with E-state index in [9.17, 15) is 29.4 Å². The Morgan fingerprint density at radius 1 is 1.09 bits per heavy atom. The lowest BCUT2D eigenvalue weighted by Gasteiger charge is -2.41. The van der Waals surface area contributed by atoms with Gasteiger partial charge in [-0.1, -0.05) is 54.8 Å². The van der Waals surface area contributed by atoms with Crippen molar-refractivity contribution in [3.8, 4) is 0 Å². The monoisotopic (exact) mass is 634 g/mol. The molecule has 0 radical (unpaired) electrons. The van der Waals surface area contributed by atoms with Gasteiger partial charge in [0.1, 0.15) is 17.7 Å². The first-order chi connectivity index (χ1) is 21.8. The third-order valence-corrected chi connectivity index (χ3v) is 9.17. The molecule has 4 amide bonds. The molecule has 246 valence electrons. The molecule has 8 N–H and O–H groups in total. The highest BCUT2D eigenvalue weighted by molar-refractivity contribution is 6.01. The summed E-state index contributed by atoms with van der Waals surface area (Å²) in [4.78, 5) is 54.9. The largest absolute Gasteiger partial charge is 0.384 e. The number of hydrogen-bond donors (Lipinski definition) is 6. The molecular weight excluding hydrogens is 592 g/mol. The van der Waals surface area contributed by atoms with E-state index in [-0.39, 0.29) is 19.5 Å². The summed E-state index contributed by atoms with van der Waals surface area (Å²) >= 11 is 0. The van der Waals surface area contributed by atoms with Crippen molar-refractivity contribution in [1.29, 1.82) is 0 Å². The first kappa shape index (κ1) is 33.0. The Morgan fingerprint density at radius 2 is 1.78 bits per heavy atom. The summed E-state index contributed by atoms with van der Waals surface area (Å²) in [5.74, 6) is -2.62. The van der Waals surface area contributed by atoms with E-state index >= 15 is 0 Å². The van der Waals surface area contributed by atoms with Gasteiger partial charge in [0.2, 0.25) is 17.7 Å². The maximum Gasteiger partial charge on any atom is 0.251 e. The highest BCUT2D eigenvalue weighted by Gasteiger charge is 2.49. The molecule has 2 heterocycles. The topological polar surface area (TPSA) is 219 Å². The predicted octanol–water partition coefficient (Wildman–Crippen LogP) is 0.223. The van der Waals surface area contributed by atoms with Crippen LogP contribution in [0.2, 0.25) is 0 Å². The molecule has 0 bridgehead atoms. The standard InChI is InChI=1S/C32H42N8O6/c1-31(2,46)25-17-35-38-40(25)22-15-24(29(44)37-32(26(41)27(34)42)12-6-3-7-13-32)39(18-22)30(45)23(16-33)36-28(43)21-11-10-19-8-4-5-9-20(19)14-21/h4-5,8-11,14,17,22-24,26,41,46H,3,6-7,12-13,15-16,18,33H2,1-2H3,(H2,34,42)(H,36,43)(H,37,44)/t22-,23+,24-,26?/m0/s1. The number of aliphatic hydroxyl groups is 2. The Kier molecular flexibility index (Phi) is 9.42. The van der Waals surface area contributed by atoms with E-state index in [1.807, 2.05) is 30.3 Å². The van der Waals surface area contributed by atoms with Crippen LogP contribution >= 0.6 is 0 Å². The lowest BCUT2D eigenvalue weighted by atomic mass is 9.77. The fourth-order valence-electron chi connectivity index (χ4n) is 6.68. The zero-order valence-corrected chi connectivity index (χ0v) is 26.1. The van der Waals surface area contributed by atoms with E-state index in [2.05, 4.69) is 20.9 Å². The van der Waals surface area contributed by atoms with Gasteiger partial charge in [-0.05, 0) is 49.6 Å². The molecule has 0 spiro atoms. The zero-order chi connectivity index (χ0) is 33.2. The minimum Gasteiger partial charge on any atom is -0.384 e. The Balaban J connectivity index is 1.43. The van der Waals surface area contributed by atoms with Crippen molar-refractivity contribution in [2.45, 2.75) is 87.7 Å². The molecule has 2 aliphatic rings. The van der Waals surface area contributed by atoms with Gasteiger partial charge >= 0.3 is 0 Å². The summed E-state index contributed by atoms with van der Waals surface area (Å²) in [6.45, 7) is 2.91. The number of nitrogens with zero attached hydrogens (tertiary/aromatic N) is 4. The summed E-state index contributed by atoms with van der Waals surface area (Å²) in [6, 6.07) is 9.95. The molecule has 5 rings (SSSR count). The van der Waals surface area contributed by atoms with Crippen molar-refractivity contribution >= 4 is 34.4 Å². The zero-order valence-electron chi connectivity index (χ0n) is 26.1. The molecule has 1 aromatic heterocycles. The van der Waals surface area contributed by atoms with Gasteiger partial charge < -0.3 is 37.2 Å². The number of fused-ring (bicyclic) bond motifs is 1. The van der Waals surface area contributed by atoms with Crippen molar-refractivity contribution in [3.05, 3.63) is 59.9 Å². The van der Waals surface area contributed by atoms with Crippen LogP contribution in [0.25, 0.3) is 10.8 Å². The predicted molar refractivity (Wildman–Crippen MR) is 168 cm³/mol. The third-order valence-electron chi connectivity index (χ3n) is 9.17. The van der Waals surface area contributed by atoms with Gasteiger partial charge in [-0.3, -0.25) is 19.2 Å². The number of carbonyl (C=O) groups excluding carboxylic acids is 4. The van der Waals surface area contributed by atoms with Crippen molar-refractivity contribution in [3.63, 3.8) is 0 Å². The second-order valence-electron chi connectivity index (χ2n) is 12.9. The van der Waals surface area contributed by atoms with Gasteiger partial charge in [0.05, 0.1) is 23.5 Å². The Labute approximate surface area is 266 Å². The molecule has 1 saturated heterocycles. The highest BCUT2D eigenvalue weighted by Crippen LogP contribution is 2.35. The molecule has 2 fully saturated rings. The van der Waals surface area contributed by atoms with Crippen LogP contribution in [0.5, 0.6) is 0 Å². The molecule has 46 heavy (non-hydrogen) atoms. The van der Waals surface area contributed by atoms with Crippen LogP contribution in [0.4, 0.5) is 0 Å². The van der Waals surface area contributed by atoms with Gasteiger partial charge in [0.25, 0.3) is 5.91 Å². The normalized spacial score (nSPS) is 21.0. The number of hydrogen-bond acceptors (Lipinski definition) is 9. The van der Waals surface area contributed by atoms with Crippen molar-refractivity contribution in [1.82, 2.24) is 30.5 Å². The first-order valence-electron chi connectivity index (χ1n) is 15.6. The van der Waals surface area contributed by atoms with Gasteiger partial charge in [-0.15, -0.1) is 5.10 Å². The molecule has 1 unspecified atom stereocenters. The van der Waals surface area contributed by atoms with Crippen LogP contribution in [0.3, 0.4) is 0 Å². The summed E-state index contributed by atoms with van der Waals surface area (Å²) in [5, 5.41) is 37.1. The van der Waals surface area contributed by atoms with Crippen molar-refractivity contribution in [2.75, 3.05) is 13.1 Å². The van der Waals surface area contributed by atoms with E-state index < -0.39 is 59.0 Å². The number of aliphatic hydroxyl groups excluding tert-OH is 1. The molecular formula is C32H42N8O6. The fourth-order valence-corrected chi connectivity index (χ4v) is 6.68. The quantitative estimate of drug-likeness (QED) is 0.179. The smallest absolute Gasteiger partial charge is 0.251 e. The molecule has 3 aromatic rings. The van der Waals surface area contributed by atoms with Crippen LogP contribution in [-0.2, 0) is 20.0 Å². The number of nitrogens with one attached hydrogen (secondary N) is 2. The minimum atomic E-state index is -1.62. The average Bonchev–Trinajstić information content (AvgIpc) is 3.71. The summed E-state index contributed by atoms with van der Waals surface area (Å²) < 4.78 is 1.49. The van der Waals surface area contributed by atoms with E-state index in [0.29, 0.717) is 36.9 Å². The second-order valence-corrected chi connectivity index (χ2v) is 12.9. The van der Waals surface area contributed by atoms with Crippen LogP contribution < -0.4 is 22.1 Å². The van der Waals surface area contributed by atoms with Crippen LogP contribution in [0.15, 0.2) is 48.7 Å². The van der Waals surface area contributed by atoms with Crippen molar-refractivity contribution < 1.29 is 29.4 Å². The number of benzene rings is 2. The van der Waals surface area contributed by atoms with E-state index in [1.54, 1.807) is 26.0 Å². The number of amides is 4. The van der Waals surface area contributed by atoms with Gasteiger partial charge in [-0.25, -0.2) is 4.68 Å². The molecule has 14 heteroatoms. The first-order valence-corrected chi connectivity index (χ1v) is 15.6. The fraction of sp³-hybridized carbons (Fsp3) is 0.500. The van der Waals surface area contributed by atoms with Crippen LogP contribution in [0, 0.1) is 0 Å². The van der Waals surface area contributed by atoms with E-state index in [0.717, 1.165) is 17.2 Å². The van der Waals surface area contributed by atoms with Gasteiger partial charge in [0.15, 0.2) is 6.10 Å². The second kappa shape index (κ2) is 13.1. The molecule has 1 saturated carbocycles. The lowest BCUT2D eigenvalue weighted by Crippen LogP contribution is -2.64. The number of aromatic nitrogens is 3. The van der Waals surface area contributed by atoms with Crippen LogP contribution in [0.1, 0.15) is 74.5 Å². The van der Waals surface area contributed by atoms with Crippen LogP contribution in [-0.4, -0.2) is 90.6 Å². The Bertz CT molecular complexity index is 1610. The van der Waals surface area contributed by atoms with E-state index in [1.165, 1.54) is 15.8 Å². The number of nitrogens with two attached hydrogens (primary N) is 2. The highest BCUT2D eigenvalue weighted by atomic mass is 16.3. The summed E-state index contributed by atoms with van der Waals surface area (Å²) in [6.07, 6.45) is 2.79. The number of carbonyl (C=O) groups is 4. The van der Waals surface area contributed by atoms with Gasteiger partial charge in [0, 0.05) is 25.1 Å². The number of rotatable bonds is 10. The number of likely N-dealkylation sites (tertiary alicyclic amines) is 1. The van der Waals surface area contributed by atoms with E-state index in [4.69, 9.17) is 11.5 Å². The molecule has 4 atom stereocenters. The maximum absolute atomic E-state index is 14.1. The summed E-state index contributed by atoms with van der Waals surface area (Å²) in [7, 11) is 0. The molecule has 14 nitrogen and oxygen atoms in total. The minimum absolute atomic E-state index is 0.00290. The average molecular weight is 635 g/mol. The third kappa shape index (κ3) is 6.59. The Morgan fingerprint density at radius 3 is 2.43 bits per heavy atom. The molecule has 1 aliphatic carbocycles.